The summed E-state index contributed by atoms with van der Waals surface area (Å²) < 4.78 is 31.7. The Balaban J connectivity index is 0.000000167. The lowest BCUT2D eigenvalue weighted by Crippen LogP contribution is -2.51. The van der Waals surface area contributed by atoms with E-state index >= 15 is 0 Å². The van der Waals surface area contributed by atoms with Crippen LogP contribution in [0.1, 0.15) is 38.5 Å². The van der Waals surface area contributed by atoms with Gasteiger partial charge in [0.1, 0.15) is 0 Å². The highest BCUT2D eigenvalue weighted by Gasteiger charge is 2.59. The highest BCUT2D eigenvalue weighted by Crippen LogP contribution is 2.64. The van der Waals surface area contributed by atoms with Gasteiger partial charge in [0.05, 0.1) is 0 Å². The first-order valence-corrected chi connectivity index (χ1v) is 6.78. The normalized spacial score (nSPS) is 34.6. The summed E-state index contributed by atoms with van der Waals surface area (Å²) in [6.07, 6.45) is 4.08. The van der Waals surface area contributed by atoms with Crippen LogP contribution in [0.25, 0.3) is 0 Å². The van der Waals surface area contributed by atoms with Crippen LogP contribution in [0.5, 0.6) is 0 Å². The first-order valence-electron chi connectivity index (χ1n) is 6.78. The van der Waals surface area contributed by atoms with Gasteiger partial charge >= 0.3 is 12.1 Å². The topological polar surface area (TPSA) is 49.3 Å². The number of carbonyl (C=O) groups is 1. The van der Waals surface area contributed by atoms with Crippen molar-refractivity contribution in [3.05, 3.63) is 0 Å². The molecule has 3 fully saturated rings. The number of halogens is 3. The van der Waals surface area contributed by atoms with E-state index in [1.807, 2.05) is 0 Å². The second kappa shape index (κ2) is 4.96. The van der Waals surface area contributed by atoms with E-state index in [2.05, 4.69) is 12.4 Å². The van der Waals surface area contributed by atoms with E-state index in [-0.39, 0.29) is 0 Å². The third-order valence-corrected chi connectivity index (χ3v) is 5.21. The van der Waals surface area contributed by atoms with Crippen molar-refractivity contribution in [3.8, 4) is 0 Å². The summed E-state index contributed by atoms with van der Waals surface area (Å²) in [5, 5.41) is 10.7. The SMILES string of the molecule is CNC1C2CCC(C2)C12CCC2.O=C(O)C(F)(F)F. The van der Waals surface area contributed by atoms with Crippen LogP contribution < -0.4 is 5.32 Å². The highest BCUT2D eigenvalue weighted by molar-refractivity contribution is 5.73. The average Bonchev–Trinajstić information content (AvgIpc) is 2.84. The molecule has 3 nitrogen and oxygen atoms in total. The summed E-state index contributed by atoms with van der Waals surface area (Å²) in [4.78, 5) is 8.90. The van der Waals surface area contributed by atoms with Crippen LogP contribution in [0.2, 0.25) is 0 Å². The Bertz CT molecular complexity index is 352. The number of hydrogen-bond donors (Lipinski definition) is 2. The predicted octanol–water partition coefficient (Wildman–Crippen LogP) is 2.81. The van der Waals surface area contributed by atoms with Gasteiger partial charge in [-0.2, -0.15) is 13.2 Å². The van der Waals surface area contributed by atoms with Crippen LogP contribution in [0.15, 0.2) is 0 Å². The Labute approximate surface area is 110 Å². The fraction of sp³-hybridized carbons (Fsp3) is 0.923. The molecule has 3 unspecified atom stereocenters. The van der Waals surface area contributed by atoms with E-state index in [0.717, 1.165) is 23.3 Å². The van der Waals surface area contributed by atoms with E-state index < -0.39 is 12.1 Å². The molecule has 1 spiro atoms. The molecule has 0 heterocycles. The molecular weight excluding hydrogens is 259 g/mol. The Morgan fingerprint density at radius 2 is 1.89 bits per heavy atom. The Morgan fingerprint density at radius 1 is 1.32 bits per heavy atom. The van der Waals surface area contributed by atoms with E-state index in [0.29, 0.717) is 0 Å². The van der Waals surface area contributed by atoms with Gasteiger partial charge < -0.3 is 10.4 Å². The maximum atomic E-state index is 10.6. The van der Waals surface area contributed by atoms with Crippen LogP contribution in [0, 0.1) is 17.3 Å². The third-order valence-electron chi connectivity index (χ3n) is 5.21. The van der Waals surface area contributed by atoms with Crippen molar-refractivity contribution >= 4 is 5.97 Å². The van der Waals surface area contributed by atoms with E-state index in [9.17, 15) is 13.2 Å². The van der Waals surface area contributed by atoms with Crippen molar-refractivity contribution < 1.29 is 23.1 Å². The molecule has 0 radical (unpaired) electrons. The molecule has 0 amide bonds. The van der Waals surface area contributed by atoms with Crippen molar-refractivity contribution in [2.75, 3.05) is 7.05 Å². The number of aliphatic carboxylic acids is 1. The smallest absolute Gasteiger partial charge is 0.475 e. The quantitative estimate of drug-likeness (QED) is 0.776. The van der Waals surface area contributed by atoms with Crippen molar-refractivity contribution in [2.24, 2.45) is 17.3 Å². The number of nitrogens with one attached hydrogen (secondary N) is 1. The zero-order chi connectivity index (χ0) is 14.3. The molecule has 0 saturated heterocycles. The Hall–Kier alpha value is -0.780. The molecule has 0 aliphatic heterocycles. The zero-order valence-corrected chi connectivity index (χ0v) is 11.0. The summed E-state index contributed by atoms with van der Waals surface area (Å²) in [5.41, 5.74) is 0.789. The minimum Gasteiger partial charge on any atom is -0.475 e. The van der Waals surface area contributed by atoms with E-state index in [1.165, 1.54) is 25.7 Å². The van der Waals surface area contributed by atoms with E-state index in [4.69, 9.17) is 9.90 Å². The van der Waals surface area contributed by atoms with Crippen molar-refractivity contribution in [2.45, 2.75) is 50.7 Å². The van der Waals surface area contributed by atoms with Crippen LogP contribution in [-0.2, 0) is 4.79 Å². The minimum absolute atomic E-state index is 0.789. The Morgan fingerprint density at radius 3 is 2.21 bits per heavy atom. The molecule has 2 bridgehead atoms. The summed E-state index contributed by atoms with van der Waals surface area (Å²) in [7, 11) is 2.17. The average molecular weight is 279 g/mol. The highest BCUT2D eigenvalue weighted by atomic mass is 19.4. The summed E-state index contributed by atoms with van der Waals surface area (Å²) in [6, 6.07) is 0.894. The molecule has 0 aromatic carbocycles. The maximum Gasteiger partial charge on any atom is 0.490 e. The van der Waals surface area contributed by atoms with Gasteiger partial charge in [-0.1, -0.05) is 6.42 Å². The molecule has 3 atom stereocenters. The molecule has 0 aromatic heterocycles. The first-order chi connectivity index (χ1) is 8.81. The number of alkyl halides is 3. The molecule has 3 aliphatic carbocycles. The largest absolute Gasteiger partial charge is 0.490 e. The lowest BCUT2D eigenvalue weighted by Gasteiger charge is -2.50. The molecule has 6 heteroatoms. The van der Waals surface area contributed by atoms with Gasteiger partial charge in [-0.3, -0.25) is 0 Å². The number of fused-ring (bicyclic) bond motifs is 3. The van der Waals surface area contributed by atoms with Crippen molar-refractivity contribution in [1.29, 1.82) is 0 Å². The van der Waals surface area contributed by atoms with Crippen LogP contribution in [0.3, 0.4) is 0 Å². The van der Waals surface area contributed by atoms with Gasteiger partial charge in [0, 0.05) is 6.04 Å². The van der Waals surface area contributed by atoms with Gasteiger partial charge in [-0.15, -0.1) is 0 Å². The summed E-state index contributed by atoms with van der Waals surface area (Å²) in [5.74, 6) is -0.610. The van der Waals surface area contributed by atoms with Gasteiger partial charge in [0.15, 0.2) is 0 Å². The fourth-order valence-electron chi connectivity index (χ4n) is 4.39. The lowest BCUT2D eigenvalue weighted by atomic mass is 9.57. The summed E-state index contributed by atoms with van der Waals surface area (Å²) >= 11 is 0. The van der Waals surface area contributed by atoms with Gasteiger partial charge in [0.25, 0.3) is 0 Å². The van der Waals surface area contributed by atoms with Gasteiger partial charge in [0.2, 0.25) is 0 Å². The molecular formula is C13H20F3NO2. The molecule has 19 heavy (non-hydrogen) atoms. The van der Waals surface area contributed by atoms with Crippen molar-refractivity contribution in [1.82, 2.24) is 5.32 Å². The monoisotopic (exact) mass is 279 g/mol. The lowest BCUT2D eigenvalue weighted by molar-refractivity contribution is -0.192. The third kappa shape index (κ3) is 2.47. The maximum absolute atomic E-state index is 10.6. The molecule has 3 aliphatic rings. The molecule has 0 aromatic rings. The van der Waals surface area contributed by atoms with Gasteiger partial charge in [-0.25, -0.2) is 4.79 Å². The van der Waals surface area contributed by atoms with Crippen LogP contribution in [0.4, 0.5) is 13.2 Å². The van der Waals surface area contributed by atoms with Crippen molar-refractivity contribution in [3.63, 3.8) is 0 Å². The first kappa shape index (κ1) is 14.6. The number of carboxylic acid groups (broad SMARTS) is 1. The predicted molar refractivity (Wildman–Crippen MR) is 63.7 cm³/mol. The Kier molecular flexibility index (Phi) is 3.82. The second-order valence-corrected chi connectivity index (χ2v) is 5.93. The number of carboxylic acids is 1. The molecule has 110 valence electrons. The number of rotatable bonds is 1. The van der Waals surface area contributed by atoms with E-state index in [1.54, 1.807) is 12.8 Å². The summed E-state index contributed by atoms with van der Waals surface area (Å²) in [6.45, 7) is 0. The second-order valence-electron chi connectivity index (χ2n) is 5.93. The molecule has 3 rings (SSSR count). The standard InChI is InChI=1S/C11H19N.C2HF3O2/c1-12-10-8-3-4-9(7-8)11(10)5-2-6-11;3-2(4,5)1(6)7/h8-10,12H,2-7H2,1H3;(H,6,7). The zero-order valence-electron chi connectivity index (χ0n) is 11.0. The number of hydrogen-bond acceptors (Lipinski definition) is 2. The fourth-order valence-corrected chi connectivity index (χ4v) is 4.39. The van der Waals surface area contributed by atoms with Crippen LogP contribution in [-0.4, -0.2) is 30.3 Å². The minimum atomic E-state index is -5.08. The molecule has 3 saturated carbocycles. The molecule has 2 N–H and O–H groups in total. The van der Waals surface area contributed by atoms with Crippen LogP contribution >= 0.6 is 0 Å². The van der Waals surface area contributed by atoms with Gasteiger partial charge in [-0.05, 0) is 56.4 Å².